The van der Waals surface area contributed by atoms with E-state index in [2.05, 4.69) is 27.8 Å². The summed E-state index contributed by atoms with van der Waals surface area (Å²) in [4.78, 5) is 27.9. The lowest BCUT2D eigenvalue weighted by atomic mass is 10.1. The number of nitrogens with zero attached hydrogens (tertiary/aromatic N) is 1. The molecule has 1 aliphatic heterocycles. The number of nitrogens with one attached hydrogen (secondary N) is 3. The molecular formula is C28H32N4O3. The Kier molecular flexibility index (Phi) is 8.00. The van der Waals surface area contributed by atoms with Crippen molar-refractivity contribution in [2.45, 2.75) is 26.8 Å². The third-order valence-electron chi connectivity index (χ3n) is 6.05. The van der Waals surface area contributed by atoms with Gasteiger partial charge in [-0.1, -0.05) is 48.9 Å². The van der Waals surface area contributed by atoms with E-state index >= 15 is 0 Å². The highest BCUT2D eigenvalue weighted by Crippen LogP contribution is 2.28. The smallest absolute Gasteiger partial charge is 0.323 e. The summed E-state index contributed by atoms with van der Waals surface area (Å²) < 4.78 is 5.48. The number of morpholine rings is 1. The summed E-state index contributed by atoms with van der Waals surface area (Å²) in [6, 6.07) is 20.9. The van der Waals surface area contributed by atoms with Crippen LogP contribution in [-0.2, 0) is 17.7 Å². The predicted molar refractivity (Wildman–Crippen MR) is 140 cm³/mol. The van der Waals surface area contributed by atoms with Gasteiger partial charge in [-0.15, -0.1) is 0 Å². The molecule has 3 aromatic carbocycles. The second-order valence-electron chi connectivity index (χ2n) is 8.63. The van der Waals surface area contributed by atoms with Crippen LogP contribution >= 0.6 is 0 Å². The largest absolute Gasteiger partial charge is 0.378 e. The molecule has 1 aliphatic rings. The van der Waals surface area contributed by atoms with Gasteiger partial charge in [-0.2, -0.15) is 0 Å². The molecule has 0 radical (unpaired) electrons. The van der Waals surface area contributed by atoms with Gasteiger partial charge in [0.15, 0.2) is 0 Å². The summed E-state index contributed by atoms with van der Waals surface area (Å²) >= 11 is 0. The Bertz CT molecular complexity index is 1150. The van der Waals surface area contributed by atoms with Gasteiger partial charge in [0, 0.05) is 30.9 Å². The van der Waals surface area contributed by atoms with Crippen LogP contribution in [0.25, 0.3) is 0 Å². The number of benzene rings is 3. The molecule has 1 saturated heterocycles. The summed E-state index contributed by atoms with van der Waals surface area (Å²) in [5, 5.41) is 8.79. The molecule has 7 heteroatoms. The van der Waals surface area contributed by atoms with Gasteiger partial charge in [0.1, 0.15) is 0 Å². The van der Waals surface area contributed by atoms with E-state index < -0.39 is 0 Å². The zero-order chi connectivity index (χ0) is 24.6. The molecule has 0 atom stereocenters. The minimum atomic E-state index is -0.360. The predicted octanol–water partition coefficient (Wildman–Crippen LogP) is 4.97. The zero-order valence-corrected chi connectivity index (χ0v) is 20.3. The lowest BCUT2D eigenvalue weighted by Crippen LogP contribution is -2.37. The first-order chi connectivity index (χ1) is 17.0. The zero-order valence-electron chi connectivity index (χ0n) is 20.3. The van der Waals surface area contributed by atoms with Crippen LogP contribution in [0, 0.1) is 6.92 Å². The number of carbonyl (C=O) groups excluding carboxylic acids is 2. The summed E-state index contributed by atoms with van der Waals surface area (Å²) in [6.07, 6.45) is 0.939. The monoisotopic (exact) mass is 472 g/mol. The van der Waals surface area contributed by atoms with Crippen molar-refractivity contribution in [3.05, 3.63) is 89.0 Å². The second-order valence-corrected chi connectivity index (χ2v) is 8.63. The van der Waals surface area contributed by atoms with Crippen LogP contribution in [0.5, 0.6) is 0 Å². The maximum Gasteiger partial charge on any atom is 0.323 e. The van der Waals surface area contributed by atoms with Gasteiger partial charge in [0.05, 0.1) is 24.6 Å². The Labute approximate surface area is 206 Å². The van der Waals surface area contributed by atoms with E-state index in [-0.39, 0.29) is 11.9 Å². The number of amides is 3. The molecule has 0 saturated carbocycles. The number of rotatable bonds is 7. The fourth-order valence-electron chi connectivity index (χ4n) is 3.96. The van der Waals surface area contributed by atoms with Crippen molar-refractivity contribution in [3.63, 3.8) is 0 Å². The molecule has 3 aromatic rings. The standard InChI is InChI=1S/C28H32N4O3/c1-3-21-8-11-24(12-9-21)30-28(34)31-25-18-23(10-13-26(25)32-14-16-35-17-15-32)27(33)29-19-22-6-4-20(2)5-7-22/h4-13,18H,3,14-17,19H2,1-2H3,(H,29,33)(H2,30,31,34). The Morgan fingerprint density at radius 3 is 2.26 bits per heavy atom. The average molecular weight is 473 g/mol. The van der Waals surface area contributed by atoms with E-state index in [1.165, 1.54) is 11.1 Å². The third kappa shape index (κ3) is 6.61. The normalized spacial score (nSPS) is 13.3. The molecule has 3 amide bonds. The number of carbonyl (C=O) groups is 2. The van der Waals surface area contributed by atoms with Gasteiger partial charge in [-0.05, 0) is 54.8 Å². The van der Waals surface area contributed by atoms with Gasteiger partial charge < -0.3 is 25.6 Å². The molecule has 4 rings (SSSR count). The van der Waals surface area contributed by atoms with Crippen molar-refractivity contribution in [2.24, 2.45) is 0 Å². The summed E-state index contributed by atoms with van der Waals surface area (Å²) in [5.41, 5.74) is 6.04. The van der Waals surface area contributed by atoms with Crippen molar-refractivity contribution in [3.8, 4) is 0 Å². The first kappa shape index (κ1) is 24.3. The molecule has 182 valence electrons. The topological polar surface area (TPSA) is 82.7 Å². The highest BCUT2D eigenvalue weighted by Gasteiger charge is 2.18. The third-order valence-corrected chi connectivity index (χ3v) is 6.05. The molecular weight excluding hydrogens is 440 g/mol. The first-order valence-electron chi connectivity index (χ1n) is 12.0. The van der Waals surface area contributed by atoms with Crippen molar-refractivity contribution in [1.29, 1.82) is 0 Å². The summed E-state index contributed by atoms with van der Waals surface area (Å²) in [6.45, 7) is 7.22. The highest BCUT2D eigenvalue weighted by atomic mass is 16.5. The van der Waals surface area contributed by atoms with E-state index in [0.717, 1.165) is 17.7 Å². The Morgan fingerprint density at radius 2 is 1.57 bits per heavy atom. The maximum absolute atomic E-state index is 12.9. The second kappa shape index (κ2) is 11.5. The number of aryl methyl sites for hydroxylation is 2. The molecule has 1 fully saturated rings. The molecule has 3 N–H and O–H groups in total. The molecule has 0 aliphatic carbocycles. The molecule has 7 nitrogen and oxygen atoms in total. The number of anilines is 3. The van der Waals surface area contributed by atoms with Crippen LogP contribution in [0.15, 0.2) is 66.7 Å². The van der Waals surface area contributed by atoms with Crippen LogP contribution < -0.4 is 20.9 Å². The number of ether oxygens (including phenoxy) is 1. The van der Waals surface area contributed by atoms with Gasteiger partial charge in [0.25, 0.3) is 5.91 Å². The SMILES string of the molecule is CCc1ccc(NC(=O)Nc2cc(C(=O)NCc3ccc(C)cc3)ccc2N2CCOCC2)cc1. The van der Waals surface area contributed by atoms with Crippen molar-refractivity contribution in [2.75, 3.05) is 41.8 Å². The van der Waals surface area contributed by atoms with Gasteiger partial charge in [0.2, 0.25) is 0 Å². The van der Waals surface area contributed by atoms with Crippen LogP contribution in [0.3, 0.4) is 0 Å². The van der Waals surface area contributed by atoms with E-state index in [4.69, 9.17) is 4.74 Å². The van der Waals surface area contributed by atoms with E-state index in [1.807, 2.05) is 61.5 Å². The molecule has 0 bridgehead atoms. The maximum atomic E-state index is 12.9. The number of urea groups is 1. The Balaban J connectivity index is 1.50. The van der Waals surface area contributed by atoms with Crippen LogP contribution in [0.4, 0.5) is 21.9 Å². The number of hydrogen-bond acceptors (Lipinski definition) is 4. The van der Waals surface area contributed by atoms with Gasteiger partial charge in [-0.25, -0.2) is 4.79 Å². The quantitative estimate of drug-likeness (QED) is 0.454. The van der Waals surface area contributed by atoms with Crippen LogP contribution in [-0.4, -0.2) is 38.2 Å². The minimum Gasteiger partial charge on any atom is -0.378 e. The Morgan fingerprint density at radius 1 is 0.886 bits per heavy atom. The minimum absolute atomic E-state index is 0.197. The molecule has 35 heavy (non-hydrogen) atoms. The van der Waals surface area contributed by atoms with Gasteiger partial charge >= 0.3 is 6.03 Å². The fourth-order valence-corrected chi connectivity index (χ4v) is 3.96. The van der Waals surface area contributed by atoms with Crippen molar-refractivity contribution in [1.82, 2.24) is 5.32 Å². The lowest BCUT2D eigenvalue weighted by Gasteiger charge is -2.30. The fraction of sp³-hybridized carbons (Fsp3) is 0.286. The van der Waals surface area contributed by atoms with Crippen LogP contribution in [0.1, 0.15) is 34.0 Å². The highest BCUT2D eigenvalue weighted by molar-refractivity contribution is 6.04. The van der Waals surface area contributed by atoms with E-state index in [1.54, 1.807) is 12.1 Å². The first-order valence-corrected chi connectivity index (χ1v) is 12.0. The summed E-state index contributed by atoms with van der Waals surface area (Å²) in [7, 11) is 0. The summed E-state index contributed by atoms with van der Waals surface area (Å²) in [5.74, 6) is -0.197. The van der Waals surface area contributed by atoms with Gasteiger partial charge in [-0.3, -0.25) is 4.79 Å². The van der Waals surface area contributed by atoms with E-state index in [9.17, 15) is 9.59 Å². The van der Waals surface area contributed by atoms with Crippen molar-refractivity contribution < 1.29 is 14.3 Å². The van der Waals surface area contributed by atoms with Crippen LogP contribution in [0.2, 0.25) is 0 Å². The van der Waals surface area contributed by atoms with Crippen molar-refractivity contribution >= 4 is 29.0 Å². The van der Waals surface area contributed by atoms with E-state index in [0.29, 0.717) is 49.8 Å². The molecule has 0 aromatic heterocycles. The number of hydrogen-bond donors (Lipinski definition) is 3. The Hall–Kier alpha value is -3.84. The molecule has 1 heterocycles. The molecule has 0 unspecified atom stereocenters. The lowest BCUT2D eigenvalue weighted by molar-refractivity contribution is 0.0951. The molecule has 0 spiro atoms. The average Bonchev–Trinajstić information content (AvgIpc) is 2.89.